The van der Waals surface area contributed by atoms with Gasteiger partial charge in [0.2, 0.25) is 0 Å². The third kappa shape index (κ3) is 3.16. The molecule has 0 aliphatic rings. The number of anilines is 2. The SMILES string of the molecule is CNc1c(Cl)ccc2c(S(=O)(=O)Nc3cc(F)c(Br)cc3F)cnn12. The summed E-state index contributed by atoms with van der Waals surface area (Å²) in [5.41, 5.74) is -0.290. The summed E-state index contributed by atoms with van der Waals surface area (Å²) in [6.45, 7) is 0. The number of aromatic nitrogens is 2. The standard InChI is InChI=1S/C14H10BrClF2N4O2S/c1-19-14-8(16)2-3-12-13(6-20-22(12)14)25(23,24)21-11-5-9(17)7(15)4-10(11)18/h2-6,19,21H,1H3. The van der Waals surface area contributed by atoms with Gasteiger partial charge in [-0.25, -0.2) is 21.7 Å². The van der Waals surface area contributed by atoms with Crippen LogP contribution in [-0.4, -0.2) is 25.1 Å². The van der Waals surface area contributed by atoms with Crippen LogP contribution in [0, 0.1) is 11.6 Å². The van der Waals surface area contributed by atoms with E-state index in [9.17, 15) is 17.2 Å². The highest BCUT2D eigenvalue weighted by Crippen LogP contribution is 2.29. The third-order valence-corrected chi connectivity index (χ3v) is 5.67. The minimum atomic E-state index is -4.21. The molecule has 0 aliphatic heterocycles. The monoisotopic (exact) mass is 450 g/mol. The van der Waals surface area contributed by atoms with Gasteiger partial charge in [-0.15, -0.1) is 0 Å². The van der Waals surface area contributed by atoms with Crippen molar-refractivity contribution in [1.29, 1.82) is 0 Å². The Kier molecular flexibility index (Phi) is 4.60. The van der Waals surface area contributed by atoms with Crippen LogP contribution in [0.4, 0.5) is 20.3 Å². The Morgan fingerprint density at radius 1 is 1.24 bits per heavy atom. The first-order chi connectivity index (χ1) is 11.7. The fourth-order valence-electron chi connectivity index (χ4n) is 2.24. The lowest BCUT2D eigenvalue weighted by atomic mass is 10.3. The molecular formula is C14H10BrClF2N4O2S. The maximum absolute atomic E-state index is 13.9. The number of nitrogens with one attached hydrogen (secondary N) is 2. The summed E-state index contributed by atoms with van der Waals surface area (Å²) in [6, 6.07) is 4.55. The van der Waals surface area contributed by atoms with Crippen molar-refractivity contribution < 1.29 is 17.2 Å². The number of halogens is 4. The van der Waals surface area contributed by atoms with Crippen LogP contribution < -0.4 is 10.0 Å². The van der Waals surface area contributed by atoms with Crippen LogP contribution in [0.15, 0.2) is 39.8 Å². The van der Waals surface area contributed by atoms with Gasteiger partial charge in [0.25, 0.3) is 10.0 Å². The zero-order chi connectivity index (χ0) is 18.4. The minimum absolute atomic E-state index is 0.114. The Hall–Kier alpha value is -1.91. The molecule has 0 bridgehead atoms. The largest absolute Gasteiger partial charge is 0.372 e. The van der Waals surface area contributed by atoms with Gasteiger partial charge in [0, 0.05) is 13.1 Å². The van der Waals surface area contributed by atoms with Crippen LogP contribution in [0.2, 0.25) is 5.02 Å². The molecule has 2 N–H and O–H groups in total. The summed E-state index contributed by atoms with van der Waals surface area (Å²) in [5.74, 6) is -1.34. The van der Waals surface area contributed by atoms with Crippen LogP contribution in [0.1, 0.15) is 0 Å². The second kappa shape index (κ2) is 6.43. The first-order valence-electron chi connectivity index (χ1n) is 6.76. The second-order valence-electron chi connectivity index (χ2n) is 4.94. The molecule has 132 valence electrons. The molecular weight excluding hydrogens is 442 g/mol. The molecule has 0 saturated carbocycles. The average molecular weight is 452 g/mol. The number of nitrogens with zero attached hydrogens (tertiary/aromatic N) is 2. The van der Waals surface area contributed by atoms with Crippen molar-refractivity contribution in [3.8, 4) is 0 Å². The van der Waals surface area contributed by atoms with Gasteiger partial charge in [-0.3, -0.25) is 4.72 Å². The van der Waals surface area contributed by atoms with Crippen LogP contribution in [-0.2, 0) is 10.0 Å². The van der Waals surface area contributed by atoms with Gasteiger partial charge < -0.3 is 5.32 Å². The summed E-state index contributed by atoms with van der Waals surface area (Å²) in [6.07, 6.45) is 1.10. The van der Waals surface area contributed by atoms with E-state index < -0.39 is 27.3 Å². The Balaban J connectivity index is 2.10. The average Bonchev–Trinajstić information content (AvgIpc) is 2.97. The molecule has 0 saturated heterocycles. The molecule has 0 fully saturated rings. The molecule has 3 aromatic rings. The third-order valence-electron chi connectivity index (χ3n) is 3.38. The quantitative estimate of drug-likeness (QED) is 0.591. The zero-order valence-electron chi connectivity index (χ0n) is 12.5. The normalized spacial score (nSPS) is 11.7. The number of hydrogen-bond acceptors (Lipinski definition) is 4. The maximum Gasteiger partial charge on any atom is 0.265 e. The molecule has 0 radical (unpaired) electrons. The Labute approximate surface area is 155 Å². The van der Waals surface area contributed by atoms with E-state index >= 15 is 0 Å². The number of rotatable bonds is 4. The van der Waals surface area contributed by atoms with Crippen molar-refractivity contribution in [2.24, 2.45) is 0 Å². The molecule has 0 atom stereocenters. The predicted molar refractivity (Wildman–Crippen MR) is 94.6 cm³/mol. The highest BCUT2D eigenvalue weighted by atomic mass is 79.9. The molecule has 11 heteroatoms. The van der Waals surface area contributed by atoms with E-state index in [0.717, 1.165) is 18.3 Å². The van der Waals surface area contributed by atoms with Crippen molar-refractivity contribution in [2.75, 3.05) is 17.1 Å². The summed E-state index contributed by atoms with van der Waals surface area (Å²) in [5, 5.41) is 7.15. The number of benzene rings is 1. The van der Waals surface area contributed by atoms with Crippen LogP contribution in [0.5, 0.6) is 0 Å². The smallest absolute Gasteiger partial charge is 0.265 e. The van der Waals surface area contributed by atoms with E-state index in [-0.39, 0.29) is 14.9 Å². The molecule has 25 heavy (non-hydrogen) atoms. The van der Waals surface area contributed by atoms with Gasteiger partial charge in [0.05, 0.1) is 26.9 Å². The Bertz CT molecular complexity index is 1090. The van der Waals surface area contributed by atoms with Gasteiger partial charge in [-0.1, -0.05) is 11.6 Å². The van der Waals surface area contributed by atoms with Crippen molar-refractivity contribution >= 4 is 54.6 Å². The van der Waals surface area contributed by atoms with Gasteiger partial charge in [-0.05, 0) is 34.1 Å². The number of fused-ring (bicyclic) bond motifs is 1. The zero-order valence-corrected chi connectivity index (χ0v) is 15.7. The lowest BCUT2D eigenvalue weighted by Gasteiger charge is -2.10. The summed E-state index contributed by atoms with van der Waals surface area (Å²) < 4.78 is 55.9. The first kappa shape index (κ1) is 17.9. The molecule has 0 spiro atoms. The van der Waals surface area contributed by atoms with Gasteiger partial charge in [-0.2, -0.15) is 5.10 Å². The molecule has 3 rings (SSSR count). The topological polar surface area (TPSA) is 75.5 Å². The Morgan fingerprint density at radius 3 is 2.64 bits per heavy atom. The molecule has 2 heterocycles. The van der Waals surface area contributed by atoms with Gasteiger partial charge >= 0.3 is 0 Å². The molecule has 2 aromatic heterocycles. The summed E-state index contributed by atoms with van der Waals surface area (Å²) in [7, 11) is -2.61. The highest BCUT2D eigenvalue weighted by molar-refractivity contribution is 9.10. The lowest BCUT2D eigenvalue weighted by molar-refractivity contribution is 0.592. The van der Waals surface area contributed by atoms with E-state index in [2.05, 4.69) is 26.3 Å². The van der Waals surface area contributed by atoms with Gasteiger partial charge in [0.15, 0.2) is 0 Å². The summed E-state index contributed by atoms with van der Waals surface area (Å²) >= 11 is 8.85. The number of sulfonamides is 1. The van der Waals surface area contributed by atoms with Crippen LogP contribution in [0.25, 0.3) is 5.52 Å². The molecule has 1 aromatic carbocycles. The van der Waals surface area contributed by atoms with Crippen molar-refractivity contribution in [3.63, 3.8) is 0 Å². The lowest BCUT2D eigenvalue weighted by Crippen LogP contribution is -2.14. The second-order valence-corrected chi connectivity index (χ2v) is 7.85. The number of hydrogen-bond donors (Lipinski definition) is 2. The molecule has 6 nitrogen and oxygen atoms in total. The van der Waals surface area contributed by atoms with E-state index in [4.69, 9.17) is 11.6 Å². The fourth-order valence-corrected chi connectivity index (χ4v) is 3.96. The molecule has 0 aliphatic carbocycles. The minimum Gasteiger partial charge on any atom is -0.372 e. The van der Waals surface area contributed by atoms with Gasteiger partial charge in [0.1, 0.15) is 22.3 Å². The van der Waals surface area contributed by atoms with E-state index in [1.807, 2.05) is 4.72 Å². The highest BCUT2D eigenvalue weighted by Gasteiger charge is 2.23. The number of pyridine rings is 1. The predicted octanol–water partition coefficient (Wildman–Crippen LogP) is 3.87. The van der Waals surface area contributed by atoms with Crippen molar-refractivity contribution in [2.45, 2.75) is 4.90 Å². The Morgan fingerprint density at radius 2 is 1.96 bits per heavy atom. The fraction of sp³-hybridized carbons (Fsp3) is 0.0714. The maximum atomic E-state index is 13.9. The first-order valence-corrected chi connectivity index (χ1v) is 9.41. The van der Waals surface area contributed by atoms with Crippen LogP contribution in [0.3, 0.4) is 0 Å². The molecule has 0 amide bonds. The van der Waals surface area contributed by atoms with Crippen molar-refractivity contribution in [1.82, 2.24) is 9.61 Å². The van der Waals surface area contributed by atoms with E-state index in [1.54, 1.807) is 7.05 Å². The van der Waals surface area contributed by atoms with E-state index in [0.29, 0.717) is 10.8 Å². The van der Waals surface area contributed by atoms with E-state index in [1.165, 1.54) is 16.6 Å². The molecule has 0 unspecified atom stereocenters. The summed E-state index contributed by atoms with van der Waals surface area (Å²) in [4.78, 5) is -0.205. The van der Waals surface area contributed by atoms with Crippen LogP contribution >= 0.6 is 27.5 Å². The van der Waals surface area contributed by atoms with Crippen molar-refractivity contribution in [3.05, 3.63) is 51.6 Å².